The number of carbonyl (C=O) groups is 1. The van der Waals surface area contributed by atoms with E-state index in [1.165, 1.54) is 5.69 Å². The number of rotatable bonds is 7. The summed E-state index contributed by atoms with van der Waals surface area (Å²) in [6.07, 6.45) is 3.86. The van der Waals surface area contributed by atoms with Crippen molar-refractivity contribution in [3.8, 4) is 0 Å². The van der Waals surface area contributed by atoms with Gasteiger partial charge in [0.2, 0.25) is 0 Å². The summed E-state index contributed by atoms with van der Waals surface area (Å²) in [6, 6.07) is 10.5. The molecule has 7 nitrogen and oxygen atoms in total. The maximum atomic E-state index is 12.5. The van der Waals surface area contributed by atoms with E-state index in [0.29, 0.717) is 6.61 Å². The van der Waals surface area contributed by atoms with Crippen molar-refractivity contribution in [1.29, 1.82) is 0 Å². The molecule has 0 aliphatic carbocycles. The first-order valence-corrected chi connectivity index (χ1v) is 10.8. The third kappa shape index (κ3) is 7.01. The van der Waals surface area contributed by atoms with E-state index in [0.717, 1.165) is 70.9 Å². The second kappa shape index (κ2) is 13.0. The van der Waals surface area contributed by atoms with Crippen molar-refractivity contribution in [3.63, 3.8) is 0 Å². The van der Waals surface area contributed by atoms with E-state index in [-0.39, 0.29) is 36.0 Å². The molecule has 2 saturated heterocycles. The summed E-state index contributed by atoms with van der Waals surface area (Å²) in [5, 5.41) is 3.48. The molecule has 2 fully saturated rings. The first-order chi connectivity index (χ1) is 14.2. The Morgan fingerprint density at radius 2 is 1.87 bits per heavy atom. The second-order valence-electron chi connectivity index (χ2n) is 7.75. The van der Waals surface area contributed by atoms with Gasteiger partial charge in [-0.15, -0.1) is 24.0 Å². The van der Waals surface area contributed by atoms with Crippen LogP contribution in [0.3, 0.4) is 0 Å². The molecular weight excluding hydrogens is 493 g/mol. The molecule has 2 heterocycles. The predicted molar refractivity (Wildman–Crippen MR) is 133 cm³/mol. The molecule has 30 heavy (non-hydrogen) atoms. The van der Waals surface area contributed by atoms with Gasteiger partial charge in [0.05, 0.1) is 0 Å². The van der Waals surface area contributed by atoms with Crippen LogP contribution in [0.5, 0.6) is 0 Å². The van der Waals surface area contributed by atoms with E-state index in [4.69, 9.17) is 4.74 Å². The molecule has 8 heteroatoms. The highest BCUT2D eigenvalue weighted by Crippen LogP contribution is 2.16. The number of aliphatic imine (C=N–C) groups is 1. The van der Waals surface area contributed by atoms with Crippen LogP contribution in [0, 0.1) is 0 Å². The standard InChI is InChI=1S/C22H35N5O2.HI/c1-23-22(24-12-6-7-13-25(2)19-9-4-3-5-10-19)27-16-14-26(15-17-27)21(28)20-11-8-18-29-20;/h3-5,9-10,20H,6-8,11-18H2,1-2H3,(H,23,24);1H. The van der Waals surface area contributed by atoms with E-state index in [9.17, 15) is 4.79 Å². The monoisotopic (exact) mass is 529 g/mol. The van der Waals surface area contributed by atoms with Crippen LogP contribution < -0.4 is 10.2 Å². The van der Waals surface area contributed by atoms with Crippen LogP contribution in [-0.4, -0.2) is 87.7 Å². The zero-order valence-electron chi connectivity index (χ0n) is 18.3. The van der Waals surface area contributed by atoms with Gasteiger partial charge in [0.1, 0.15) is 6.10 Å². The molecule has 0 aromatic heterocycles. The molecule has 3 rings (SSSR count). The largest absolute Gasteiger partial charge is 0.375 e. The Morgan fingerprint density at radius 3 is 2.50 bits per heavy atom. The summed E-state index contributed by atoms with van der Waals surface area (Å²) in [7, 11) is 3.97. The molecule has 0 spiro atoms. The number of ether oxygens (including phenoxy) is 1. The van der Waals surface area contributed by atoms with Crippen molar-refractivity contribution in [2.45, 2.75) is 31.8 Å². The maximum Gasteiger partial charge on any atom is 0.251 e. The predicted octanol–water partition coefficient (Wildman–Crippen LogP) is 2.42. The number of nitrogens with zero attached hydrogens (tertiary/aromatic N) is 4. The molecule has 168 valence electrons. The van der Waals surface area contributed by atoms with Crippen molar-refractivity contribution in [1.82, 2.24) is 15.1 Å². The fourth-order valence-corrected chi connectivity index (χ4v) is 3.93. The molecule has 1 aromatic rings. The lowest BCUT2D eigenvalue weighted by Crippen LogP contribution is -2.55. The summed E-state index contributed by atoms with van der Waals surface area (Å²) in [6.45, 7) is 5.76. The number of halogens is 1. The first-order valence-electron chi connectivity index (χ1n) is 10.8. The molecule has 0 radical (unpaired) electrons. The van der Waals surface area contributed by atoms with Gasteiger partial charge < -0.3 is 24.8 Å². The minimum atomic E-state index is -0.215. The summed E-state index contributed by atoms with van der Waals surface area (Å²) >= 11 is 0. The second-order valence-corrected chi connectivity index (χ2v) is 7.75. The van der Waals surface area contributed by atoms with E-state index < -0.39 is 0 Å². The topological polar surface area (TPSA) is 60.4 Å². The number of hydrogen-bond donors (Lipinski definition) is 1. The molecule has 1 atom stereocenters. The highest BCUT2D eigenvalue weighted by Gasteiger charge is 2.30. The third-order valence-corrected chi connectivity index (χ3v) is 5.71. The van der Waals surface area contributed by atoms with Gasteiger partial charge in [-0.2, -0.15) is 0 Å². The van der Waals surface area contributed by atoms with Crippen LogP contribution in [0.4, 0.5) is 5.69 Å². The highest BCUT2D eigenvalue weighted by molar-refractivity contribution is 14.0. The van der Waals surface area contributed by atoms with Gasteiger partial charge in [-0.3, -0.25) is 9.79 Å². The highest BCUT2D eigenvalue weighted by atomic mass is 127. The fraction of sp³-hybridized carbons (Fsp3) is 0.636. The number of anilines is 1. The van der Waals surface area contributed by atoms with Gasteiger partial charge in [0.25, 0.3) is 5.91 Å². The molecule has 1 N–H and O–H groups in total. The van der Waals surface area contributed by atoms with E-state index >= 15 is 0 Å². The fourth-order valence-electron chi connectivity index (χ4n) is 3.93. The maximum absolute atomic E-state index is 12.5. The van der Waals surface area contributed by atoms with Gasteiger partial charge in [-0.05, 0) is 37.8 Å². The number of carbonyl (C=O) groups excluding carboxylic acids is 1. The average molecular weight is 529 g/mol. The van der Waals surface area contributed by atoms with Crippen molar-refractivity contribution < 1.29 is 9.53 Å². The number of piperazine rings is 1. The molecule has 1 aromatic carbocycles. The molecule has 2 aliphatic heterocycles. The number of nitrogens with one attached hydrogen (secondary N) is 1. The number of guanidine groups is 1. The lowest BCUT2D eigenvalue weighted by molar-refractivity contribution is -0.142. The first kappa shape index (κ1) is 24.7. The van der Waals surface area contributed by atoms with Gasteiger partial charge in [0.15, 0.2) is 5.96 Å². The quantitative estimate of drug-likeness (QED) is 0.255. The van der Waals surface area contributed by atoms with E-state index in [1.807, 2.05) is 18.0 Å². The Hall–Kier alpha value is -1.55. The van der Waals surface area contributed by atoms with Crippen molar-refractivity contribution in [3.05, 3.63) is 30.3 Å². The van der Waals surface area contributed by atoms with E-state index in [1.54, 1.807) is 0 Å². The zero-order valence-corrected chi connectivity index (χ0v) is 20.6. The molecule has 1 unspecified atom stereocenters. The Bertz CT molecular complexity index is 659. The Balaban J connectivity index is 0.00000320. The minimum Gasteiger partial charge on any atom is -0.375 e. The number of hydrogen-bond acceptors (Lipinski definition) is 4. The summed E-state index contributed by atoms with van der Waals surface area (Å²) in [4.78, 5) is 23.4. The van der Waals surface area contributed by atoms with Crippen LogP contribution in [0.2, 0.25) is 0 Å². The lowest BCUT2D eigenvalue weighted by atomic mass is 10.2. The zero-order chi connectivity index (χ0) is 20.5. The normalized spacial score (nSPS) is 19.4. The van der Waals surface area contributed by atoms with Crippen molar-refractivity contribution in [2.75, 3.05) is 64.9 Å². The van der Waals surface area contributed by atoms with Gasteiger partial charge in [-0.25, -0.2) is 0 Å². The summed E-state index contributed by atoms with van der Waals surface area (Å²) in [5.74, 6) is 1.10. The third-order valence-electron chi connectivity index (χ3n) is 5.71. The Kier molecular flexibility index (Phi) is 10.7. The van der Waals surface area contributed by atoms with Crippen molar-refractivity contribution in [2.24, 2.45) is 4.99 Å². The number of benzene rings is 1. The summed E-state index contributed by atoms with van der Waals surface area (Å²) in [5.41, 5.74) is 1.26. The molecule has 2 aliphatic rings. The van der Waals surface area contributed by atoms with Gasteiger partial charge in [0, 0.05) is 65.7 Å². The van der Waals surface area contributed by atoms with E-state index in [2.05, 4.69) is 51.4 Å². The van der Waals surface area contributed by atoms with Crippen LogP contribution >= 0.6 is 24.0 Å². The van der Waals surface area contributed by atoms with Crippen LogP contribution in [0.25, 0.3) is 0 Å². The molecule has 0 bridgehead atoms. The smallest absolute Gasteiger partial charge is 0.251 e. The SMILES string of the molecule is CN=C(NCCCCN(C)c1ccccc1)N1CCN(C(=O)C2CCCO2)CC1.I. The van der Waals surface area contributed by atoms with Crippen LogP contribution in [-0.2, 0) is 9.53 Å². The molecular formula is C22H36IN5O2. The van der Waals surface area contributed by atoms with Crippen molar-refractivity contribution >= 4 is 41.5 Å². The number of unbranched alkanes of at least 4 members (excludes halogenated alkanes) is 1. The molecule has 1 amide bonds. The molecule has 0 saturated carbocycles. The number of amides is 1. The van der Waals surface area contributed by atoms with Gasteiger partial charge >= 0.3 is 0 Å². The Morgan fingerprint density at radius 1 is 1.17 bits per heavy atom. The van der Waals surface area contributed by atoms with Gasteiger partial charge in [-0.1, -0.05) is 18.2 Å². The number of para-hydroxylation sites is 1. The average Bonchev–Trinajstić information content (AvgIpc) is 3.31. The Labute approximate surface area is 197 Å². The lowest BCUT2D eigenvalue weighted by Gasteiger charge is -2.37. The van der Waals surface area contributed by atoms with Crippen LogP contribution in [0.1, 0.15) is 25.7 Å². The summed E-state index contributed by atoms with van der Waals surface area (Å²) < 4.78 is 5.54. The van der Waals surface area contributed by atoms with Crippen LogP contribution in [0.15, 0.2) is 35.3 Å². The minimum absolute atomic E-state index is 0.